The van der Waals surface area contributed by atoms with E-state index in [0.29, 0.717) is 39.0 Å². The van der Waals surface area contributed by atoms with Crippen molar-refractivity contribution in [2.75, 3.05) is 19.7 Å². The van der Waals surface area contributed by atoms with Crippen LogP contribution in [-0.4, -0.2) is 41.7 Å². The standard InChI is InChI=1S/C18H25NO3/c20-16-7-10-19(11-8-16)18(21)9-12-22-17-6-5-14-3-1-2-4-15(14)13-17/h5-6,13,16,20H,1-4,7-12H2. The third-order valence-electron chi connectivity index (χ3n) is 4.72. The molecule has 0 bridgehead atoms. The van der Waals surface area contributed by atoms with Crippen LogP contribution in [0.5, 0.6) is 5.75 Å². The largest absolute Gasteiger partial charge is 0.493 e. The fourth-order valence-corrected chi connectivity index (χ4v) is 3.33. The fourth-order valence-electron chi connectivity index (χ4n) is 3.33. The quantitative estimate of drug-likeness (QED) is 0.928. The summed E-state index contributed by atoms with van der Waals surface area (Å²) in [4.78, 5) is 13.9. The van der Waals surface area contributed by atoms with E-state index in [1.807, 2.05) is 11.0 Å². The molecular weight excluding hydrogens is 278 g/mol. The zero-order valence-electron chi connectivity index (χ0n) is 13.1. The third-order valence-corrected chi connectivity index (χ3v) is 4.72. The van der Waals surface area contributed by atoms with Crippen LogP contribution in [0.3, 0.4) is 0 Å². The van der Waals surface area contributed by atoms with Gasteiger partial charge >= 0.3 is 0 Å². The molecule has 120 valence electrons. The summed E-state index contributed by atoms with van der Waals surface area (Å²) in [5.41, 5.74) is 2.85. The van der Waals surface area contributed by atoms with E-state index in [-0.39, 0.29) is 12.0 Å². The summed E-state index contributed by atoms with van der Waals surface area (Å²) in [6, 6.07) is 6.32. The monoisotopic (exact) mass is 303 g/mol. The summed E-state index contributed by atoms with van der Waals surface area (Å²) in [5, 5.41) is 9.47. The highest BCUT2D eigenvalue weighted by Gasteiger charge is 2.21. The Morgan fingerprint density at radius 3 is 2.68 bits per heavy atom. The van der Waals surface area contributed by atoms with Crippen molar-refractivity contribution in [2.45, 2.75) is 51.0 Å². The van der Waals surface area contributed by atoms with Gasteiger partial charge in [-0.1, -0.05) is 6.07 Å². The third kappa shape index (κ3) is 3.80. The van der Waals surface area contributed by atoms with Crippen molar-refractivity contribution in [1.82, 2.24) is 4.90 Å². The second-order valence-electron chi connectivity index (χ2n) is 6.35. The number of likely N-dealkylation sites (tertiary alicyclic amines) is 1. The molecule has 0 unspecified atom stereocenters. The lowest BCUT2D eigenvalue weighted by Gasteiger charge is -2.29. The highest BCUT2D eigenvalue weighted by atomic mass is 16.5. The summed E-state index contributed by atoms with van der Waals surface area (Å²) in [6.07, 6.45) is 6.41. The maximum atomic E-state index is 12.1. The van der Waals surface area contributed by atoms with Gasteiger partial charge in [-0.05, 0) is 61.8 Å². The molecule has 0 saturated carbocycles. The number of carbonyl (C=O) groups excluding carboxylic acids is 1. The van der Waals surface area contributed by atoms with Gasteiger partial charge in [-0.2, -0.15) is 0 Å². The summed E-state index contributed by atoms with van der Waals surface area (Å²) in [5.74, 6) is 1.01. The molecule has 1 aliphatic carbocycles. The highest BCUT2D eigenvalue weighted by molar-refractivity contribution is 5.76. The number of amides is 1. The van der Waals surface area contributed by atoms with Gasteiger partial charge in [-0.15, -0.1) is 0 Å². The molecule has 1 aromatic carbocycles. The van der Waals surface area contributed by atoms with E-state index in [1.54, 1.807) is 0 Å². The highest BCUT2D eigenvalue weighted by Crippen LogP contribution is 2.25. The average molecular weight is 303 g/mol. The predicted molar refractivity (Wildman–Crippen MR) is 85.0 cm³/mol. The number of aryl methyl sites for hydroxylation is 2. The van der Waals surface area contributed by atoms with Crippen LogP contribution in [-0.2, 0) is 17.6 Å². The van der Waals surface area contributed by atoms with Gasteiger partial charge in [0, 0.05) is 13.1 Å². The first-order chi connectivity index (χ1) is 10.7. The number of hydrogen-bond donors (Lipinski definition) is 1. The molecule has 3 rings (SSSR count). The molecule has 0 aromatic heterocycles. The van der Waals surface area contributed by atoms with Gasteiger partial charge in [0.05, 0.1) is 19.1 Å². The molecule has 0 spiro atoms. The Hall–Kier alpha value is -1.55. The first-order valence-corrected chi connectivity index (χ1v) is 8.43. The van der Waals surface area contributed by atoms with Gasteiger partial charge in [0.25, 0.3) is 0 Å². The molecule has 1 amide bonds. The lowest BCUT2D eigenvalue weighted by molar-refractivity contribution is -0.133. The van der Waals surface area contributed by atoms with Gasteiger partial charge in [-0.25, -0.2) is 0 Å². The number of benzene rings is 1. The number of nitrogens with zero attached hydrogens (tertiary/aromatic N) is 1. The van der Waals surface area contributed by atoms with Crippen LogP contribution in [0.4, 0.5) is 0 Å². The normalized spacial score (nSPS) is 18.9. The van der Waals surface area contributed by atoms with Crippen molar-refractivity contribution < 1.29 is 14.6 Å². The number of ether oxygens (including phenoxy) is 1. The Bertz CT molecular complexity index is 521. The van der Waals surface area contributed by atoms with Gasteiger partial charge in [0.1, 0.15) is 5.75 Å². The predicted octanol–water partition coefficient (Wildman–Crippen LogP) is 2.32. The molecule has 1 saturated heterocycles. The van der Waals surface area contributed by atoms with Gasteiger partial charge in [0.15, 0.2) is 0 Å². The van der Waals surface area contributed by atoms with E-state index in [1.165, 1.54) is 30.4 Å². The van der Waals surface area contributed by atoms with Gasteiger partial charge < -0.3 is 14.7 Å². The number of piperidine rings is 1. The molecule has 2 aliphatic rings. The minimum absolute atomic E-state index is 0.130. The van der Waals surface area contributed by atoms with Gasteiger partial charge in [-0.3, -0.25) is 4.79 Å². The van der Waals surface area contributed by atoms with Gasteiger partial charge in [0.2, 0.25) is 5.91 Å². The second kappa shape index (κ2) is 7.14. The Labute approximate surface area is 132 Å². The van der Waals surface area contributed by atoms with Crippen molar-refractivity contribution in [2.24, 2.45) is 0 Å². The molecule has 1 aromatic rings. The molecule has 0 radical (unpaired) electrons. The minimum Gasteiger partial charge on any atom is -0.493 e. The van der Waals surface area contributed by atoms with Crippen molar-refractivity contribution in [3.63, 3.8) is 0 Å². The van der Waals surface area contributed by atoms with Crippen LogP contribution in [0.2, 0.25) is 0 Å². The van der Waals surface area contributed by atoms with E-state index >= 15 is 0 Å². The smallest absolute Gasteiger partial charge is 0.226 e. The number of aliphatic hydroxyl groups excluding tert-OH is 1. The SMILES string of the molecule is O=C(CCOc1ccc2c(c1)CCCC2)N1CCC(O)CC1. The lowest BCUT2D eigenvalue weighted by Crippen LogP contribution is -2.40. The molecule has 1 N–H and O–H groups in total. The number of rotatable bonds is 4. The first-order valence-electron chi connectivity index (χ1n) is 8.43. The van der Waals surface area contributed by atoms with Crippen LogP contribution in [0.15, 0.2) is 18.2 Å². The first kappa shape index (κ1) is 15.3. The molecule has 4 heteroatoms. The molecule has 1 fully saturated rings. The summed E-state index contributed by atoms with van der Waals surface area (Å²) >= 11 is 0. The Kier molecular flexibility index (Phi) is 4.98. The number of hydrogen-bond acceptors (Lipinski definition) is 3. The molecule has 1 aliphatic heterocycles. The van der Waals surface area contributed by atoms with E-state index < -0.39 is 0 Å². The second-order valence-corrected chi connectivity index (χ2v) is 6.35. The topological polar surface area (TPSA) is 49.8 Å². The fraction of sp³-hybridized carbons (Fsp3) is 0.611. The Balaban J connectivity index is 1.45. The lowest BCUT2D eigenvalue weighted by atomic mass is 9.92. The molecule has 22 heavy (non-hydrogen) atoms. The van der Waals surface area contributed by atoms with Crippen molar-refractivity contribution in [3.05, 3.63) is 29.3 Å². The summed E-state index contributed by atoms with van der Waals surface area (Å²) in [6.45, 7) is 1.76. The summed E-state index contributed by atoms with van der Waals surface area (Å²) < 4.78 is 5.76. The molecule has 0 atom stereocenters. The van der Waals surface area contributed by atoms with Crippen LogP contribution < -0.4 is 4.74 Å². The van der Waals surface area contributed by atoms with E-state index in [9.17, 15) is 9.90 Å². The number of carbonyl (C=O) groups is 1. The van der Waals surface area contributed by atoms with Crippen LogP contribution in [0.25, 0.3) is 0 Å². The van der Waals surface area contributed by atoms with Crippen molar-refractivity contribution in [1.29, 1.82) is 0 Å². The van der Waals surface area contributed by atoms with Crippen LogP contribution in [0, 0.1) is 0 Å². The van der Waals surface area contributed by atoms with E-state index in [0.717, 1.165) is 12.2 Å². The number of fused-ring (bicyclic) bond motifs is 1. The van der Waals surface area contributed by atoms with Crippen LogP contribution >= 0.6 is 0 Å². The van der Waals surface area contributed by atoms with Crippen LogP contribution in [0.1, 0.15) is 43.2 Å². The zero-order valence-corrected chi connectivity index (χ0v) is 13.1. The van der Waals surface area contributed by atoms with E-state index in [4.69, 9.17) is 4.74 Å². The molecule has 1 heterocycles. The molecule has 4 nitrogen and oxygen atoms in total. The molecular formula is C18H25NO3. The zero-order chi connectivity index (χ0) is 15.4. The minimum atomic E-state index is -0.240. The Morgan fingerprint density at radius 2 is 1.91 bits per heavy atom. The average Bonchev–Trinajstić information content (AvgIpc) is 2.55. The maximum Gasteiger partial charge on any atom is 0.226 e. The Morgan fingerprint density at radius 1 is 1.18 bits per heavy atom. The van der Waals surface area contributed by atoms with Crippen molar-refractivity contribution in [3.8, 4) is 5.75 Å². The maximum absolute atomic E-state index is 12.1. The van der Waals surface area contributed by atoms with E-state index in [2.05, 4.69) is 12.1 Å². The number of aliphatic hydroxyl groups is 1. The van der Waals surface area contributed by atoms with Crippen molar-refractivity contribution >= 4 is 5.91 Å². The summed E-state index contributed by atoms with van der Waals surface area (Å²) in [7, 11) is 0.